The second-order valence-corrected chi connectivity index (χ2v) is 3.67. The zero-order valence-corrected chi connectivity index (χ0v) is 8.52. The van der Waals surface area contributed by atoms with Gasteiger partial charge >= 0.3 is 5.97 Å². The number of carboxylic acids is 1. The van der Waals surface area contributed by atoms with Crippen LogP contribution in [0.5, 0.6) is 0 Å². The van der Waals surface area contributed by atoms with Crippen molar-refractivity contribution in [3.05, 3.63) is 29.7 Å². The van der Waals surface area contributed by atoms with Gasteiger partial charge in [0, 0.05) is 5.92 Å². The number of carboxylic acid groups (broad SMARTS) is 1. The van der Waals surface area contributed by atoms with Crippen LogP contribution < -0.4 is 0 Å². The van der Waals surface area contributed by atoms with Gasteiger partial charge in [0.15, 0.2) is 11.5 Å². The Morgan fingerprint density at radius 3 is 2.80 bits per heavy atom. The van der Waals surface area contributed by atoms with Gasteiger partial charge in [-0.05, 0) is 12.1 Å². The van der Waals surface area contributed by atoms with Gasteiger partial charge in [0.2, 0.25) is 0 Å². The van der Waals surface area contributed by atoms with Crippen LogP contribution >= 0.6 is 0 Å². The first-order valence-electron chi connectivity index (χ1n) is 4.72. The minimum Gasteiger partial charge on any atom is -0.478 e. The molecule has 1 N–H and O–H groups in total. The van der Waals surface area contributed by atoms with Crippen molar-refractivity contribution in [3.8, 4) is 0 Å². The lowest BCUT2D eigenvalue weighted by atomic mass is 10.2. The molecule has 0 spiro atoms. The number of hydrogen-bond acceptors (Lipinski definition) is 3. The number of para-hydroxylation sites is 1. The Balaban J connectivity index is 2.70. The molecular formula is C11H11NO3. The molecule has 4 nitrogen and oxygen atoms in total. The fourth-order valence-electron chi connectivity index (χ4n) is 1.38. The molecule has 0 aliphatic heterocycles. The van der Waals surface area contributed by atoms with Crippen molar-refractivity contribution in [3.63, 3.8) is 0 Å². The molecule has 0 radical (unpaired) electrons. The summed E-state index contributed by atoms with van der Waals surface area (Å²) in [5, 5.41) is 8.94. The highest BCUT2D eigenvalue weighted by Gasteiger charge is 2.15. The molecule has 15 heavy (non-hydrogen) atoms. The van der Waals surface area contributed by atoms with E-state index in [-0.39, 0.29) is 11.5 Å². The summed E-state index contributed by atoms with van der Waals surface area (Å²) < 4.78 is 5.43. The minimum absolute atomic E-state index is 0.152. The lowest BCUT2D eigenvalue weighted by Crippen LogP contribution is -1.95. The summed E-state index contributed by atoms with van der Waals surface area (Å²) in [6.45, 7) is 3.90. The summed E-state index contributed by atoms with van der Waals surface area (Å²) in [5.74, 6) is -0.273. The van der Waals surface area contributed by atoms with Gasteiger partial charge in [0.05, 0.1) is 0 Å². The Bertz CT molecular complexity index is 514. The molecule has 2 rings (SSSR count). The number of hydrogen-bond donors (Lipinski definition) is 1. The highest BCUT2D eigenvalue weighted by atomic mass is 16.4. The largest absolute Gasteiger partial charge is 0.478 e. The Labute approximate surface area is 86.5 Å². The topological polar surface area (TPSA) is 63.3 Å². The third-order valence-electron chi connectivity index (χ3n) is 2.16. The SMILES string of the molecule is CC(C)c1nc2cccc(C(=O)O)c2o1. The van der Waals surface area contributed by atoms with Gasteiger partial charge in [-0.25, -0.2) is 9.78 Å². The predicted octanol–water partition coefficient (Wildman–Crippen LogP) is 2.65. The molecule has 0 aliphatic rings. The molecule has 0 atom stereocenters. The quantitative estimate of drug-likeness (QED) is 0.818. The summed E-state index contributed by atoms with van der Waals surface area (Å²) in [4.78, 5) is 15.1. The number of benzene rings is 1. The molecule has 1 aromatic carbocycles. The van der Waals surface area contributed by atoms with E-state index in [9.17, 15) is 4.79 Å². The Hall–Kier alpha value is -1.84. The van der Waals surface area contributed by atoms with Gasteiger partial charge in [0.25, 0.3) is 0 Å². The zero-order chi connectivity index (χ0) is 11.0. The van der Waals surface area contributed by atoms with E-state index in [1.807, 2.05) is 13.8 Å². The van der Waals surface area contributed by atoms with E-state index in [0.717, 1.165) is 0 Å². The standard InChI is InChI=1S/C11H11NO3/c1-6(2)10-12-8-5-3-4-7(11(13)14)9(8)15-10/h3-6H,1-2H3,(H,13,14). The Morgan fingerprint density at radius 2 is 2.20 bits per heavy atom. The molecule has 0 amide bonds. The van der Waals surface area contributed by atoms with Crippen LogP contribution in [0.15, 0.2) is 22.6 Å². The van der Waals surface area contributed by atoms with Gasteiger partial charge in [-0.15, -0.1) is 0 Å². The van der Waals surface area contributed by atoms with Crippen LogP contribution in [0.1, 0.15) is 36.0 Å². The van der Waals surface area contributed by atoms with Crippen molar-refractivity contribution < 1.29 is 14.3 Å². The summed E-state index contributed by atoms with van der Waals surface area (Å²) >= 11 is 0. The first-order chi connectivity index (χ1) is 7.09. The third kappa shape index (κ3) is 1.58. The van der Waals surface area contributed by atoms with Crippen LogP contribution in [-0.4, -0.2) is 16.1 Å². The van der Waals surface area contributed by atoms with Gasteiger partial charge in [-0.2, -0.15) is 0 Å². The number of aromatic carboxylic acids is 1. The van der Waals surface area contributed by atoms with E-state index in [4.69, 9.17) is 9.52 Å². The Morgan fingerprint density at radius 1 is 1.47 bits per heavy atom. The fourth-order valence-corrected chi connectivity index (χ4v) is 1.38. The second-order valence-electron chi connectivity index (χ2n) is 3.67. The second kappa shape index (κ2) is 3.38. The van der Waals surface area contributed by atoms with Crippen molar-refractivity contribution in [1.82, 2.24) is 4.98 Å². The molecule has 2 aromatic rings. The first kappa shape index (κ1) is 9.71. The summed E-state index contributed by atoms with van der Waals surface area (Å²) in [6.07, 6.45) is 0. The molecule has 0 saturated heterocycles. The maximum atomic E-state index is 10.9. The smallest absolute Gasteiger partial charge is 0.339 e. The third-order valence-corrected chi connectivity index (χ3v) is 2.16. The summed E-state index contributed by atoms with van der Waals surface area (Å²) in [5.41, 5.74) is 1.11. The number of aromatic nitrogens is 1. The molecule has 0 bridgehead atoms. The van der Waals surface area contributed by atoms with Crippen LogP contribution in [0.4, 0.5) is 0 Å². The van der Waals surface area contributed by atoms with Crippen LogP contribution in [0, 0.1) is 0 Å². The Kier molecular flexibility index (Phi) is 2.19. The number of rotatable bonds is 2. The van der Waals surface area contributed by atoms with Crippen molar-refractivity contribution in [2.24, 2.45) is 0 Å². The first-order valence-corrected chi connectivity index (χ1v) is 4.72. The van der Waals surface area contributed by atoms with Crippen LogP contribution in [0.25, 0.3) is 11.1 Å². The molecule has 0 fully saturated rings. The molecule has 0 saturated carbocycles. The van der Waals surface area contributed by atoms with Gasteiger partial charge in [0.1, 0.15) is 11.1 Å². The fraction of sp³-hybridized carbons (Fsp3) is 0.273. The molecule has 1 heterocycles. The average Bonchev–Trinajstić information content (AvgIpc) is 2.60. The van der Waals surface area contributed by atoms with Crippen molar-refractivity contribution in [2.45, 2.75) is 19.8 Å². The normalized spacial score (nSPS) is 11.1. The molecular weight excluding hydrogens is 194 g/mol. The molecule has 0 aliphatic carbocycles. The monoisotopic (exact) mass is 205 g/mol. The van der Waals surface area contributed by atoms with Crippen molar-refractivity contribution in [2.75, 3.05) is 0 Å². The summed E-state index contributed by atoms with van der Waals surface area (Å²) in [7, 11) is 0. The molecule has 78 valence electrons. The molecule has 1 aromatic heterocycles. The van der Waals surface area contributed by atoms with E-state index in [0.29, 0.717) is 17.0 Å². The summed E-state index contributed by atoms with van der Waals surface area (Å²) in [6, 6.07) is 4.93. The van der Waals surface area contributed by atoms with E-state index in [1.54, 1.807) is 12.1 Å². The van der Waals surface area contributed by atoms with Crippen molar-refractivity contribution in [1.29, 1.82) is 0 Å². The van der Waals surface area contributed by atoms with Gasteiger partial charge in [-0.1, -0.05) is 19.9 Å². The van der Waals surface area contributed by atoms with E-state index in [2.05, 4.69) is 4.98 Å². The number of oxazole rings is 1. The van der Waals surface area contributed by atoms with E-state index < -0.39 is 5.97 Å². The lowest BCUT2D eigenvalue weighted by molar-refractivity contribution is 0.0698. The van der Waals surface area contributed by atoms with Crippen molar-refractivity contribution >= 4 is 17.1 Å². The van der Waals surface area contributed by atoms with Crippen LogP contribution in [0.3, 0.4) is 0 Å². The van der Waals surface area contributed by atoms with Crippen LogP contribution in [0.2, 0.25) is 0 Å². The number of nitrogens with zero attached hydrogens (tertiary/aromatic N) is 1. The highest BCUT2D eigenvalue weighted by molar-refractivity contribution is 5.99. The minimum atomic E-state index is -0.993. The van der Waals surface area contributed by atoms with E-state index >= 15 is 0 Å². The maximum absolute atomic E-state index is 10.9. The number of fused-ring (bicyclic) bond motifs is 1. The average molecular weight is 205 g/mol. The van der Waals surface area contributed by atoms with Gasteiger partial charge in [-0.3, -0.25) is 0 Å². The predicted molar refractivity (Wildman–Crippen MR) is 55.1 cm³/mol. The highest BCUT2D eigenvalue weighted by Crippen LogP contribution is 2.23. The maximum Gasteiger partial charge on any atom is 0.339 e. The molecule has 4 heteroatoms. The molecule has 0 unspecified atom stereocenters. The lowest BCUT2D eigenvalue weighted by Gasteiger charge is -1.95. The zero-order valence-electron chi connectivity index (χ0n) is 8.52. The number of carbonyl (C=O) groups is 1. The van der Waals surface area contributed by atoms with E-state index in [1.165, 1.54) is 6.07 Å². The van der Waals surface area contributed by atoms with Crippen LogP contribution in [-0.2, 0) is 0 Å². The van der Waals surface area contributed by atoms with Gasteiger partial charge < -0.3 is 9.52 Å².